The van der Waals surface area contributed by atoms with Crippen molar-refractivity contribution in [2.45, 2.75) is 40.5 Å². The van der Waals surface area contributed by atoms with Crippen molar-refractivity contribution in [3.05, 3.63) is 44.0 Å². The summed E-state index contributed by atoms with van der Waals surface area (Å²) in [5, 5.41) is 0. The van der Waals surface area contributed by atoms with Gasteiger partial charge in [-0.2, -0.15) is 6.92 Å². The maximum atomic E-state index is 5.32. The average molecular weight is 572 g/mol. The number of hydrogen-bond acceptors (Lipinski definition) is 4. The van der Waals surface area contributed by atoms with Gasteiger partial charge in [0.2, 0.25) is 12.7 Å². The van der Waals surface area contributed by atoms with Gasteiger partial charge in [-0.1, -0.05) is 0 Å². The number of aromatic amines is 2. The summed E-state index contributed by atoms with van der Waals surface area (Å²) in [5.74, 6) is 0. The van der Waals surface area contributed by atoms with Crippen LogP contribution in [0.1, 0.15) is 40.5 Å². The molecule has 0 unspecified atom stereocenters. The van der Waals surface area contributed by atoms with Crippen molar-refractivity contribution >= 4 is 0 Å². The van der Waals surface area contributed by atoms with Crippen molar-refractivity contribution in [1.82, 2.24) is 9.55 Å². The van der Waals surface area contributed by atoms with Gasteiger partial charge in [-0.25, -0.2) is 6.61 Å². The number of ether oxygens (including phenoxy) is 4. The van der Waals surface area contributed by atoms with Crippen molar-refractivity contribution in [3.8, 4) is 0 Å². The molecule has 2 aromatic rings. The summed E-state index contributed by atoms with van der Waals surface area (Å²) in [7, 11) is 0. The third-order valence-corrected chi connectivity index (χ3v) is 2.66. The van der Waals surface area contributed by atoms with Crippen LogP contribution >= 0.6 is 0 Å². The Balaban J connectivity index is 0. The largest absolute Gasteiger partial charge is 1.00 e. The van der Waals surface area contributed by atoms with E-state index in [2.05, 4.69) is 22.6 Å². The van der Waals surface area contributed by atoms with E-state index >= 15 is 0 Å². The summed E-state index contributed by atoms with van der Waals surface area (Å²) >= 11 is 0. The van der Waals surface area contributed by atoms with Crippen LogP contribution in [0.25, 0.3) is 0 Å². The number of nitrogens with zero attached hydrogens (tertiary/aromatic N) is 2. The SMILES string of the molecule is CCOC(OCC)n1[c-][nH+]cc1.C[CH-]O[C@H](OCC)[n+]1[c-][nH]cc1.[Au+].[Cl-]. The summed E-state index contributed by atoms with van der Waals surface area (Å²) in [4.78, 5) is 5.60. The second-order valence-electron chi connectivity index (χ2n) is 4.31. The molecule has 0 aromatic carbocycles. The number of hydrogen-bond donors (Lipinski definition) is 1. The molecular weight excluding hydrogens is 545 g/mol. The van der Waals surface area contributed by atoms with E-state index in [0.29, 0.717) is 19.8 Å². The fourth-order valence-corrected chi connectivity index (χ4v) is 1.72. The Morgan fingerprint density at radius 1 is 1.19 bits per heavy atom. The molecule has 0 spiro atoms. The van der Waals surface area contributed by atoms with E-state index in [1.165, 1.54) is 0 Å². The van der Waals surface area contributed by atoms with Gasteiger partial charge in [0.25, 0.3) is 12.8 Å². The molecule has 0 fully saturated rings. The first-order valence-corrected chi connectivity index (χ1v) is 7.97. The minimum absolute atomic E-state index is 0. The molecule has 0 aliphatic heterocycles. The van der Waals surface area contributed by atoms with E-state index in [9.17, 15) is 0 Å². The summed E-state index contributed by atoms with van der Waals surface area (Å²) in [6.07, 6.45) is 12.0. The summed E-state index contributed by atoms with van der Waals surface area (Å²) in [5.41, 5.74) is 0. The van der Waals surface area contributed by atoms with Crippen LogP contribution in [0, 0.1) is 19.3 Å². The molecule has 1 atom stereocenters. The predicted molar refractivity (Wildman–Crippen MR) is 83.7 cm³/mol. The van der Waals surface area contributed by atoms with Crippen molar-refractivity contribution in [1.29, 1.82) is 0 Å². The zero-order chi connectivity index (χ0) is 17.6. The molecule has 2 rings (SSSR count). The quantitative estimate of drug-likeness (QED) is 0.162. The molecule has 154 valence electrons. The van der Waals surface area contributed by atoms with Crippen LogP contribution in [-0.2, 0) is 41.3 Å². The summed E-state index contributed by atoms with van der Waals surface area (Å²) in [6, 6.07) is 0. The average Bonchev–Trinajstić information content (AvgIpc) is 3.29. The van der Waals surface area contributed by atoms with Crippen LogP contribution in [0.2, 0.25) is 0 Å². The van der Waals surface area contributed by atoms with Crippen LogP contribution in [-0.4, -0.2) is 29.4 Å². The van der Waals surface area contributed by atoms with E-state index in [-0.39, 0.29) is 41.2 Å². The minimum atomic E-state index is -0.411. The molecule has 0 saturated heterocycles. The van der Waals surface area contributed by atoms with Gasteiger partial charge in [0.15, 0.2) is 0 Å². The monoisotopic (exact) mass is 571 g/mol. The zero-order valence-electron chi connectivity index (χ0n) is 15.4. The molecule has 0 saturated carbocycles. The van der Waals surface area contributed by atoms with Gasteiger partial charge in [0.1, 0.15) is 0 Å². The summed E-state index contributed by atoms with van der Waals surface area (Å²) < 4.78 is 24.5. The molecule has 2 N–H and O–H groups in total. The van der Waals surface area contributed by atoms with E-state index in [1.54, 1.807) is 41.3 Å². The van der Waals surface area contributed by atoms with E-state index in [1.807, 2.05) is 27.0 Å². The maximum Gasteiger partial charge on any atom is 1.00 e. The Morgan fingerprint density at radius 3 is 2.27 bits per heavy atom. The van der Waals surface area contributed by atoms with Crippen LogP contribution < -0.4 is 22.0 Å². The van der Waals surface area contributed by atoms with Gasteiger partial charge in [-0.15, -0.1) is 0 Å². The van der Waals surface area contributed by atoms with Crippen LogP contribution in [0.4, 0.5) is 0 Å². The first-order chi connectivity index (χ1) is 11.8. The molecule has 10 heteroatoms. The van der Waals surface area contributed by atoms with E-state index in [0.717, 1.165) is 0 Å². The smallest absolute Gasteiger partial charge is 1.00 e. The Kier molecular flexibility index (Phi) is 18.7. The van der Waals surface area contributed by atoms with Crippen LogP contribution in [0.15, 0.2) is 24.8 Å². The first-order valence-electron chi connectivity index (χ1n) is 7.97. The number of nitrogens with one attached hydrogen (secondary N) is 2. The second kappa shape index (κ2) is 17.7. The standard InChI is InChI=1S/C8H14N2O2.C8H13N2O2.Au.ClH/c2*1-3-11-8(12-4-2)10-6-5-9-7-10;;/h5-6,8-9H,3-4H2,1-2H3;3,5-6,8-9H,4H2,1-2H3;;1H/q;-1;+1;/p-1/t;8-;;/m.1../s1. The minimum Gasteiger partial charge on any atom is -1.00 e. The van der Waals surface area contributed by atoms with Crippen molar-refractivity contribution in [3.63, 3.8) is 0 Å². The van der Waals surface area contributed by atoms with Gasteiger partial charge >= 0.3 is 22.4 Å². The normalized spacial score (nSPS) is 11.1. The van der Waals surface area contributed by atoms with Crippen molar-refractivity contribution in [2.24, 2.45) is 0 Å². The fourth-order valence-electron chi connectivity index (χ4n) is 1.72. The van der Waals surface area contributed by atoms with Crippen molar-refractivity contribution in [2.75, 3.05) is 19.8 Å². The Labute approximate surface area is 177 Å². The van der Waals surface area contributed by atoms with E-state index < -0.39 is 6.41 Å². The topological polar surface area (TPSA) is 75.7 Å². The molecule has 2 heterocycles. The Bertz CT molecular complexity index is 444. The Morgan fingerprint density at radius 2 is 1.85 bits per heavy atom. The molecular formula is C16H27AuClN4O4-. The van der Waals surface area contributed by atoms with Gasteiger partial charge in [0, 0.05) is 0 Å². The number of imidazole rings is 2. The molecule has 8 nitrogen and oxygen atoms in total. The fraction of sp³-hybridized carbons (Fsp3) is 0.562. The van der Waals surface area contributed by atoms with E-state index in [4.69, 9.17) is 18.9 Å². The molecule has 0 aliphatic rings. The van der Waals surface area contributed by atoms with Crippen molar-refractivity contribution < 1.29 is 63.3 Å². The molecule has 0 aliphatic carbocycles. The maximum absolute atomic E-state index is 5.32. The van der Waals surface area contributed by atoms with Gasteiger partial charge in [-0.05, 0) is 45.6 Å². The van der Waals surface area contributed by atoms with Gasteiger partial charge < -0.3 is 50.5 Å². The Hall–Kier alpha value is -0.710. The van der Waals surface area contributed by atoms with Crippen LogP contribution in [0.3, 0.4) is 0 Å². The first kappa shape index (κ1) is 27.5. The number of rotatable bonds is 10. The number of aromatic nitrogens is 4. The predicted octanol–water partition coefficient (Wildman–Crippen LogP) is -1.57. The summed E-state index contributed by atoms with van der Waals surface area (Å²) in [6.45, 7) is 11.0. The molecule has 0 bridgehead atoms. The third kappa shape index (κ3) is 10.4. The third-order valence-electron chi connectivity index (χ3n) is 2.66. The number of halogens is 1. The molecule has 0 amide bonds. The zero-order valence-corrected chi connectivity index (χ0v) is 18.3. The van der Waals surface area contributed by atoms with Crippen LogP contribution in [0.5, 0.6) is 0 Å². The number of H-pyrrole nitrogens is 2. The molecule has 26 heavy (non-hydrogen) atoms. The molecule has 0 radical (unpaired) electrons. The second-order valence-corrected chi connectivity index (χ2v) is 4.31. The van der Waals surface area contributed by atoms with Gasteiger partial charge in [-0.3, -0.25) is 0 Å². The van der Waals surface area contributed by atoms with Gasteiger partial charge in [0.05, 0.1) is 19.8 Å². The molecule has 2 aromatic heterocycles.